The molecule has 0 atom stereocenters. The molecule has 11 heavy (non-hydrogen) atoms. The van der Waals surface area contributed by atoms with E-state index in [-0.39, 0.29) is 0 Å². The highest BCUT2D eigenvalue weighted by molar-refractivity contribution is 5.74. The first-order valence-electron chi connectivity index (χ1n) is 3.24. The van der Waals surface area contributed by atoms with Crippen LogP contribution >= 0.6 is 0 Å². The molecule has 1 aromatic carbocycles. The number of hydrogen-bond acceptors (Lipinski definition) is 0. The average Bonchev–Trinajstić information content (AvgIpc) is 2.07. The first-order valence-corrected chi connectivity index (χ1v) is 3.24. The van der Waals surface area contributed by atoms with Crippen molar-refractivity contribution in [1.29, 1.82) is 0 Å². The molecule has 0 amide bonds. The van der Waals surface area contributed by atoms with Crippen molar-refractivity contribution in [2.45, 2.75) is 0 Å². The third kappa shape index (κ3) is 2.61. The fraction of sp³-hybridized carbons (Fsp3) is 0. The molecule has 0 N–H and O–H groups in total. The molecule has 2 heteroatoms. The second-order valence-electron chi connectivity index (χ2n) is 1.97. The molecule has 0 saturated heterocycles. The zero-order chi connectivity index (χ0) is 7.94. The monoisotopic (exact) mass is 143 g/mol. The molecule has 0 aliphatic heterocycles. The Hall–Kier alpha value is -1.66. The van der Waals surface area contributed by atoms with Crippen LogP contribution in [0.5, 0.6) is 0 Å². The van der Waals surface area contributed by atoms with Crippen LogP contribution in [0.15, 0.2) is 36.4 Å². The summed E-state index contributed by atoms with van der Waals surface area (Å²) in [5, 5.41) is 0. The Kier molecular flexibility index (Phi) is 2.85. The highest BCUT2D eigenvalue weighted by Crippen LogP contribution is 1.99. The van der Waals surface area contributed by atoms with Crippen LogP contribution < -0.4 is 0 Å². The van der Waals surface area contributed by atoms with Gasteiger partial charge in [-0.1, -0.05) is 30.3 Å². The zero-order valence-electron chi connectivity index (χ0n) is 5.94. The molecule has 0 aliphatic rings. The zero-order valence-corrected chi connectivity index (χ0v) is 5.94. The summed E-state index contributed by atoms with van der Waals surface area (Å²) >= 11 is 0. The fourth-order valence-corrected chi connectivity index (χ4v) is 0.731. The van der Waals surface area contributed by atoms with E-state index in [1.165, 1.54) is 0 Å². The second kappa shape index (κ2) is 4.20. The van der Waals surface area contributed by atoms with Crippen molar-refractivity contribution in [3.8, 4) is 0 Å². The van der Waals surface area contributed by atoms with Gasteiger partial charge in [-0.2, -0.15) is 4.79 Å². The van der Waals surface area contributed by atoms with Crippen molar-refractivity contribution in [1.82, 2.24) is 0 Å². The lowest BCUT2D eigenvalue weighted by Crippen LogP contribution is -1.69. The normalized spacial score (nSPS) is 9.45. The summed E-state index contributed by atoms with van der Waals surface area (Å²) in [6.45, 7) is 0. The van der Waals surface area contributed by atoms with E-state index in [0.29, 0.717) is 0 Å². The van der Waals surface area contributed by atoms with Crippen molar-refractivity contribution in [2.24, 2.45) is 0 Å². The largest absolute Gasteiger partial charge is 0.403 e. The maximum atomic E-state index is 8.01. The van der Waals surface area contributed by atoms with Gasteiger partial charge in [-0.15, -0.1) is 0 Å². The molecule has 0 spiro atoms. The van der Waals surface area contributed by atoms with Crippen LogP contribution in [0.25, 0.3) is 11.6 Å². The van der Waals surface area contributed by atoms with Gasteiger partial charge in [0, 0.05) is 6.08 Å². The molecule has 1 rings (SSSR count). The molecular formula is C9H7N2. The van der Waals surface area contributed by atoms with Crippen molar-refractivity contribution >= 4 is 12.3 Å². The minimum Gasteiger partial charge on any atom is -0.360 e. The van der Waals surface area contributed by atoms with Gasteiger partial charge in [0.1, 0.15) is 0 Å². The van der Waals surface area contributed by atoms with E-state index in [0.717, 1.165) is 5.56 Å². The molecule has 0 saturated carbocycles. The number of nitrogens with zero attached hydrogens (tertiary/aromatic N) is 2. The maximum absolute atomic E-state index is 8.01. The van der Waals surface area contributed by atoms with Crippen LogP contribution in [0.1, 0.15) is 5.56 Å². The summed E-state index contributed by atoms with van der Waals surface area (Å²) in [4.78, 5) is 2.71. The first-order chi connectivity index (χ1) is 5.43. The van der Waals surface area contributed by atoms with Crippen LogP contribution in [0.4, 0.5) is 0 Å². The third-order valence-electron chi connectivity index (χ3n) is 1.21. The number of allylic oxidation sites excluding steroid dienone is 1. The predicted octanol–water partition coefficient (Wildman–Crippen LogP) is 1.88. The number of rotatable bonds is 2. The van der Waals surface area contributed by atoms with Crippen molar-refractivity contribution in [3.05, 3.63) is 47.5 Å². The Morgan fingerprint density at radius 3 is 2.64 bits per heavy atom. The summed E-state index contributed by atoms with van der Waals surface area (Å²) in [7, 11) is 0. The molecule has 53 valence electrons. The van der Waals surface area contributed by atoms with E-state index in [1.54, 1.807) is 12.2 Å². The van der Waals surface area contributed by atoms with Gasteiger partial charge >= 0.3 is 6.21 Å². The van der Waals surface area contributed by atoms with Gasteiger partial charge < -0.3 is 5.53 Å². The van der Waals surface area contributed by atoms with E-state index in [4.69, 9.17) is 5.53 Å². The van der Waals surface area contributed by atoms with Gasteiger partial charge in [0.05, 0.1) is 0 Å². The molecule has 1 aromatic rings. The van der Waals surface area contributed by atoms with E-state index in [2.05, 4.69) is 11.0 Å². The smallest absolute Gasteiger partial charge is 0.360 e. The lowest BCUT2D eigenvalue weighted by Gasteiger charge is -1.86. The van der Waals surface area contributed by atoms with Crippen LogP contribution in [-0.2, 0) is 0 Å². The van der Waals surface area contributed by atoms with Crippen molar-refractivity contribution in [3.63, 3.8) is 0 Å². The average molecular weight is 143 g/mol. The van der Waals surface area contributed by atoms with Gasteiger partial charge in [-0.3, -0.25) is 0 Å². The summed E-state index contributed by atoms with van der Waals surface area (Å²) in [6.07, 6.45) is 5.65. The summed E-state index contributed by atoms with van der Waals surface area (Å²) in [5.41, 5.74) is 9.07. The van der Waals surface area contributed by atoms with Crippen LogP contribution in [0.3, 0.4) is 0 Å². The Bertz CT molecular complexity index is 282. The van der Waals surface area contributed by atoms with Crippen LogP contribution in [0.2, 0.25) is 0 Å². The van der Waals surface area contributed by atoms with E-state index < -0.39 is 0 Å². The SMILES string of the molecule is [N-]=[N+]=[C]/C=C/c1ccccc1. The van der Waals surface area contributed by atoms with E-state index >= 15 is 0 Å². The lowest BCUT2D eigenvalue weighted by atomic mass is 10.2. The molecule has 0 heterocycles. The van der Waals surface area contributed by atoms with E-state index in [1.807, 2.05) is 30.3 Å². The Balaban J connectivity index is 2.72. The van der Waals surface area contributed by atoms with Gasteiger partial charge in [0.25, 0.3) is 0 Å². The van der Waals surface area contributed by atoms with Gasteiger partial charge in [0.2, 0.25) is 0 Å². The Labute approximate surface area is 65.4 Å². The summed E-state index contributed by atoms with van der Waals surface area (Å²) in [5.74, 6) is 0. The van der Waals surface area contributed by atoms with Crippen molar-refractivity contribution in [2.75, 3.05) is 0 Å². The topological polar surface area (TPSA) is 36.4 Å². The quantitative estimate of drug-likeness (QED) is 0.344. The van der Waals surface area contributed by atoms with Gasteiger partial charge in [0.15, 0.2) is 0 Å². The predicted molar refractivity (Wildman–Crippen MR) is 44.1 cm³/mol. The lowest BCUT2D eigenvalue weighted by molar-refractivity contribution is 0.00520. The van der Waals surface area contributed by atoms with Crippen molar-refractivity contribution < 1.29 is 4.79 Å². The highest BCUT2D eigenvalue weighted by atomic mass is 14.8. The standard InChI is InChI=1S/C9H7N2/c10-11-8-4-7-9-5-2-1-3-6-9/h1-7H/b7-4+. The van der Waals surface area contributed by atoms with Gasteiger partial charge in [-0.05, 0) is 11.6 Å². The molecule has 1 radical (unpaired) electrons. The van der Waals surface area contributed by atoms with Gasteiger partial charge in [-0.25, -0.2) is 0 Å². The summed E-state index contributed by atoms with van der Waals surface area (Å²) < 4.78 is 0. The van der Waals surface area contributed by atoms with E-state index in [9.17, 15) is 0 Å². The minimum atomic E-state index is 1.06. The molecule has 0 unspecified atom stereocenters. The summed E-state index contributed by atoms with van der Waals surface area (Å²) in [6, 6.07) is 9.73. The molecule has 0 bridgehead atoms. The maximum Gasteiger partial charge on any atom is 0.403 e. The molecule has 2 nitrogen and oxygen atoms in total. The Morgan fingerprint density at radius 2 is 2.00 bits per heavy atom. The molecular weight excluding hydrogens is 136 g/mol. The van der Waals surface area contributed by atoms with Crippen LogP contribution in [-0.4, -0.2) is 11.0 Å². The molecule has 0 aliphatic carbocycles. The minimum absolute atomic E-state index is 1.06. The van der Waals surface area contributed by atoms with Crippen LogP contribution in [0, 0.1) is 0 Å². The third-order valence-corrected chi connectivity index (χ3v) is 1.21. The fourth-order valence-electron chi connectivity index (χ4n) is 0.731. The number of benzene rings is 1. The molecule has 0 fully saturated rings. The first kappa shape index (κ1) is 7.45. The number of hydrogen-bond donors (Lipinski definition) is 0. The highest BCUT2D eigenvalue weighted by Gasteiger charge is 1.81. The second-order valence-corrected chi connectivity index (χ2v) is 1.97. The molecule has 0 aromatic heterocycles. The Morgan fingerprint density at radius 1 is 1.27 bits per heavy atom.